The van der Waals surface area contributed by atoms with E-state index >= 15 is 0 Å². The van der Waals surface area contributed by atoms with E-state index in [1.54, 1.807) is 0 Å². The molecule has 95 heavy (non-hydrogen) atoms. The molecular weight excluding hydrogens is 1250 g/mol. The summed E-state index contributed by atoms with van der Waals surface area (Å²) in [5, 5.41) is 10.6. The number of aliphatic hydroxyl groups is 1. The Labute approximate surface area is 581 Å². The Morgan fingerprint density at radius 2 is 0.484 bits per heavy atom. The lowest BCUT2D eigenvalue weighted by molar-refractivity contribution is -0.161. The third-order valence-electron chi connectivity index (χ3n) is 17.7. The quantitative estimate of drug-likeness (QED) is 0.0222. The number of phosphoric ester groups is 2. The predicted molar refractivity (Wildman–Crippen MR) is 386 cm³/mol. The second kappa shape index (κ2) is 67.9. The highest BCUT2D eigenvalue weighted by atomic mass is 31.2. The molecule has 0 rings (SSSR count). The van der Waals surface area contributed by atoms with Crippen molar-refractivity contribution in [3.05, 3.63) is 0 Å². The Morgan fingerprint density at radius 1 is 0.284 bits per heavy atom. The van der Waals surface area contributed by atoms with E-state index in [4.69, 9.17) is 37.0 Å². The van der Waals surface area contributed by atoms with E-state index < -0.39 is 97.5 Å². The lowest BCUT2D eigenvalue weighted by Gasteiger charge is -2.21. The van der Waals surface area contributed by atoms with Gasteiger partial charge in [0, 0.05) is 25.7 Å². The topological polar surface area (TPSA) is 237 Å². The van der Waals surface area contributed by atoms with Crippen LogP contribution < -0.4 is 0 Å². The van der Waals surface area contributed by atoms with Crippen molar-refractivity contribution >= 4 is 39.5 Å². The van der Waals surface area contributed by atoms with Crippen LogP contribution in [0.3, 0.4) is 0 Å². The molecule has 0 radical (unpaired) electrons. The second-order valence-electron chi connectivity index (χ2n) is 28.3. The molecular formula is C76H148O17P2. The maximum atomic E-state index is 13.1. The van der Waals surface area contributed by atoms with Crippen molar-refractivity contribution in [3.63, 3.8) is 0 Å². The minimum atomic E-state index is -4.96. The third-order valence-corrected chi connectivity index (χ3v) is 19.6. The number of hydrogen-bond acceptors (Lipinski definition) is 15. The number of phosphoric acid groups is 2. The zero-order valence-electron chi connectivity index (χ0n) is 62.0. The summed E-state index contributed by atoms with van der Waals surface area (Å²) in [5.74, 6) is -0.681. The highest BCUT2D eigenvalue weighted by Gasteiger charge is 2.30. The molecule has 5 atom stereocenters. The molecule has 0 aliphatic heterocycles. The Bertz CT molecular complexity index is 1840. The molecule has 3 N–H and O–H groups in total. The van der Waals surface area contributed by atoms with Gasteiger partial charge in [-0.1, -0.05) is 343 Å². The van der Waals surface area contributed by atoms with E-state index in [0.29, 0.717) is 31.6 Å². The number of esters is 4. The first kappa shape index (κ1) is 93.1. The number of aliphatic hydroxyl groups excluding tert-OH is 1. The summed E-state index contributed by atoms with van der Waals surface area (Å²) in [6.07, 6.45) is 55.8. The van der Waals surface area contributed by atoms with E-state index in [1.807, 2.05) is 0 Å². The first-order chi connectivity index (χ1) is 45.9. The fraction of sp³-hybridized carbons (Fsp3) is 0.947. The van der Waals surface area contributed by atoms with Crippen LogP contribution in [0.5, 0.6) is 0 Å². The Kier molecular flexibility index (Phi) is 66.5. The van der Waals surface area contributed by atoms with Gasteiger partial charge >= 0.3 is 39.5 Å². The monoisotopic (exact) mass is 1400 g/mol. The minimum absolute atomic E-state index is 0.106. The van der Waals surface area contributed by atoms with E-state index in [1.165, 1.54) is 205 Å². The fourth-order valence-electron chi connectivity index (χ4n) is 11.7. The van der Waals surface area contributed by atoms with E-state index in [9.17, 15) is 43.2 Å². The second-order valence-corrected chi connectivity index (χ2v) is 31.3. The first-order valence-corrected chi connectivity index (χ1v) is 42.5. The average Bonchev–Trinajstić information content (AvgIpc) is 1.73. The van der Waals surface area contributed by atoms with Gasteiger partial charge in [-0.25, -0.2) is 9.13 Å². The van der Waals surface area contributed by atoms with Gasteiger partial charge in [-0.05, 0) is 37.5 Å². The first-order valence-electron chi connectivity index (χ1n) is 39.5. The van der Waals surface area contributed by atoms with Crippen LogP contribution in [-0.2, 0) is 65.4 Å². The normalized spacial score (nSPS) is 14.0. The van der Waals surface area contributed by atoms with Crippen LogP contribution >= 0.6 is 15.6 Å². The highest BCUT2D eigenvalue weighted by molar-refractivity contribution is 7.47. The number of rotatable bonds is 75. The molecule has 0 fully saturated rings. The number of unbranched alkanes of at least 4 members (excludes halogenated alkanes) is 45. The summed E-state index contributed by atoms with van der Waals surface area (Å²) in [6.45, 7) is 9.49. The van der Waals surface area contributed by atoms with Gasteiger partial charge in [-0.15, -0.1) is 0 Å². The molecule has 564 valence electrons. The van der Waals surface area contributed by atoms with Crippen LogP contribution in [0.4, 0.5) is 0 Å². The van der Waals surface area contributed by atoms with Crippen LogP contribution in [0.2, 0.25) is 0 Å². The molecule has 0 amide bonds. The largest absolute Gasteiger partial charge is 0.472 e. The summed E-state index contributed by atoms with van der Waals surface area (Å²) in [4.78, 5) is 72.7. The fourth-order valence-corrected chi connectivity index (χ4v) is 13.2. The molecule has 19 heteroatoms. The third kappa shape index (κ3) is 70.3. The van der Waals surface area contributed by atoms with Crippen molar-refractivity contribution < 1.29 is 80.2 Å². The number of hydrogen-bond donors (Lipinski definition) is 3. The van der Waals surface area contributed by atoms with Crippen LogP contribution in [0, 0.1) is 11.8 Å². The average molecular weight is 1400 g/mol. The highest BCUT2D eigenvalue weighted by Crippen LogP contribution is 2.45. The standard InChI is InChI=1S/C76H148O17P2/c1-7-9-11-13-15-17-19-20-21-22-23-24-25-26-27-28-29-31-37-41-49-55-61-76(81)92-71(64-86-73(78)58-52-46-39-35-33-32-34-38-44-50-56-68(3)4)66-90-94(82,83)88-62-70(77)63-89-95(84,85)91-67-72(65-87-74(79)59-53-47-43-42-45-51-57-69(5)6)93-75(80)60-54-48-40-36-30-18-16-14-12-10-8-2/h68-72,77H,7-67H2,1-6H3,(H,82,83)(H,84,85)/t70-,71-,72-/m1/s1. The van der Waals surface area contributed by atoms with Gasteiger partial charge < -0.3 is 33.8 Å². The lowest BCUT2D eigenvalue weighted by atomic mass is 10.0. The van der Waals surface area contributed by atoms with Gasteiger partial charge in [0.05, 0.1) is 26.4 Å². The lowest BCUT2D eigenvalue weighted by Crippen LogP contribution is -2.30. The Hall–Kier alpha value is -1.94. The van der Waals surface area contributed by atoms with Gasteiger partial charge in [-0.3, -0.25) is 37.3 Å². The van der Waals surface area contributed by atoms with Gasteiger partial charge in [-0.2, -0.15) is 0 Å². The van der Waals surface area contributed by atoms with E-state index in [2.05, 4.69) is 41.5 Å². The van der Waals surface area contributed by atoms with Crippen molar-refractivity contribution in [3.8, 4) is 0 Å². The summed E-state index contributed by atoms with van der Waals surface area (Å²) in [6, 6.07) is 0. The summed E-state index contributed by atoms with van der Waals surface area (Å²) < 4.78 is 68.4. The summed E-state index contributed by atoms with van der Waals surface area (Å²) >= 11 is 0. The van der Waals surface area contributed by atoms with Gasteiger partial charge in [0.15, 0.2) is 12.2 Å². The van der Waals surface area contributed by atoms with Crippen LogP contribution in [0.15, 0.2) is 0 Å². The minimum Gasteiger partial charge on any atom is -0.462 e. The molecule has 0 bridgehead atoms. The SMILES string of the molecule is CCCCCCCCCCCCCCCCCCCCCCCCC(=O)O[C@H](COC(=O)CCCCCCCCCCCCC(C)C)COP(=O)(O)OC[C@@H](O)COP(=O)(O)OC[C@@H](COC(=O)CCCCCCCCC(C)C)OC(=O)CCCCCCCCCCCCC. The van der Waals surface area contributed by atoms with Crippen LogP contribution in [0.25, 0.3) is 0 Å². The molecule has 0 aliphatic rings. The van der Waals surface area contributed by atoms with Crippen molar-refractivity contribution in [1.82, 2.24) is 0 Å². The molecule has 0 saturated heterocycles. The van der Waals surface area contributed by atoms with Crippen LogP contribution in [0.1, 0.15) is 395 Å². The maximum absolute atomic E-state index is 13.1. The number of carbonyl (C=O) groups is 4. The van der Waals surface area contributed by atoms with Gasteiger partial charge in [0.25, 0.3) is 0 Å². The number of carbonyl (C=O) groups excluding carboxylic acids is 4. The van der Waals surface area contributed by atoms with E-state index in [0.717, 1.165) is 102 Å². The van der Waals surface area contributed by atoms with Gasteiger partial charge in [0.1, 0.15) is 19.3 Å². The maximum Gasteiger partial charge on any atom is 0.472 e. The molecule has 17 nitrogen and oxygen atoms in total. The Morgan fingerprint density at radius 3 is 0.716 bits per heavy atom. The van der Waals surface area contributed by atoms with Crippen molar-refractivity contribution in [2.45, 2.75) is 413 Å². The molecule has 0 saturated carbocycles. The molecule has 0 aliphatic carbocycles. The van der Waals surface area contributed by atoms with Gasteiger partial charge in [0.2, 0.25) is 0 Å². The van der Waals surface area contributed by atoms with E-state index in [-0.39, 0.29) is 25.7 Å². The predicted octanol–water partition coefficient (Wildman–Crippen LogP) is 22.3. The van der Waals surface area contributed by atoms with Crippen molar-refractivity contribution in [1.29, 1.82) is 0 Å². The van der Waals surface area contributed by atoms with Crippen molar-refractivity contribution in [2.24, 2.45) is 11.8 Å². The summed E-state index contributed by atoms with van der Waals surface area (Å²) in [7, 11) is -9.91. The van der Waals surface area contributed by atoms with Crippen LogP contribution in [-0.4, -0.2) is 96.7 Å². The zero-order chi connectivity index (χ0) is 70.0. The van der Waals surface area contributed by atoms with Crippen molar-refractivity contribution in [2.75, 3.05) is 39.6 Å². The number of ether oxygens (including phenoxy) is 4. The molecule has 0 aromatic carbocycles. The molecule has 0 aromatic heterocycles. The molecule has 0 heterocycles. The molecule has 2 unspecified atom stereocenters. The molecule has 0 aromatic rings. The smallest absolute Gasteiger partial charge is 0.462 e. The zero-order valence-corrected chi connectivity index (χ0v) is 63.8. The Balaban J connectivity index is 5.17. The molecule has 0 spiro atoms. The summed E-state index contributed by atoms with van der Waals surface area (Å²) in [5.41, 5.74) is 0.